The van der Waals surface area contributed by atoms with Crippen molar-refractivity contribution in [2.45, 2.75) is 69.5 Å². The molecule has 0 radical (unpaired) electrons. The number of rotatable bonds is 7. The Balaban J connectivity index is 1.29. The van der Waals surface area contributed by atoms with E-state index in [0.29, 0.717) is 24.8 Å². The molecule has 0 aromatic heterocycles. The van der Waals surface area contributed by atoms with Gasteiger partial charge in [0.1, 0.15) is 0 Å². The Hall–Kier alpha value is -1.73. The fraction of sp³-hybridized carbons (Fsp3) is 0.652. The Kier molecular flexibility index (Phi) is 7.20. The summed E-state index contributed by atoms with van der Waals surface area (Å²) >= 11 is 1.58. The number of carbonyl (C=O) groups is 2. The zero-order valence-corrected chi connectivity index (χ0v) is 18.6. The van der Waals surface area contributed by atoms with Gasteiger partial charge in [0.25, 0.3) is 0 Å². The molecule has 3 fully saturated rings. The third-order valence-electron chi connectivity index (χ3n) is 6.53. The van der Waals surface area contributed by atoms with E-state index in [-0.39, 0.29) is 29.5 Å². The summed E-state index contributed by atoms with van der Waals surface area (Å²) in [5.74, 6) is 0.780. The number of nitrogens with one attached hydrogen (secondary N) is 2. The molecule has 6 nitrogen and oxygen atoms in total. The molecule has 0 bridgehead atoms. The van der Waals surface area contributed by atoms with Gasteiger partial charge in [0.05, 0.1) is 17.2 Å². The first-order valence-electron chi connectivity index (χ1n) is 11.2. The first-order chi connectivity index (χ1) is 14.6. The van der Waals surface area contributed by atoms with Gasteiger partial charge >= 0.3 is 6.03 Å². The summed E-state index contributed by atoms with van der Waals surface area (Å²) in [4.78, 5) is 27.3. The average Bonchev–Trinajstić information content (AvgIpc) is 3.27. The van der Waals surface area contributed by atoms with Crippen molar-refractivity contribution in [3.05, 3.63) is 35.4 Å². The van der Waals surface area contributed by atoms with Crippen LogP contribution in [0.3, 0.4) is 0 Å². The molecule has 4 atom stereocenters. The maximum absolute atomic E-state index is 12.9. The number of thioether (sulfide) groups is 1. The van der Waals surface area contributed by atoms with Gasteiger partial charge in [-0.25, -0.2) is 4.79 Å². The number of hydrogen-bond acceptors (Lipinski definition) is 4. The van der Waals surface area contributed by atoms with E-state index in [1.807, 2.05) is 17.0 Å². The van der Waals surface area contributed by atoms with E-state index in [2.05, 4.69) is 29.7 Å². The first-order valence-corrected chi connectivity index (χ1v) is 12.3. The number of urea groups is 1. The molecule has 2 heterocycles. The van der Waals surface area contributed by atoms with Crippen LogP contribution in [0.1, 0.15) is 49.7 Å². The van der Waals surface area contributed by atoms with E-state index in [1.54, 1.807) is 11.8 Å². The van der Waals surface area contributed by atoms with Crippen molar-refractivity contribution in [2.24, 2.45) is 5.92 Å². The summed E-state index contributed by atoms with van der Waals surface area (Å²) in [5, 5.41) is 6.20. The third kappa shape index (κ3) is 5.30. The van der Waals surface area contributed by atoms with Crippen LogP contribution < -0.4 is 10.6 Å². The van der Waals surface area contributed by atoms with Crippen molar-refractivity contribution in [1.29, 1.82) is 0 Å². The molecule has 1 aromatic carbocycles. The lowest BCUT2D eigenvalue weighted by atomic mass is 9.82. The minimum atomic E-state index is 0.00575. The first kappa shape index (κ1) is 21.5. The van der Waals surface area contributed by atoms with E-state index in [4.69, 9.17) is 4.74 Å². The molecular weight excluding hydrogens is 398 g/mol. The van der Waals surface area contributed by atoms with Crippen LogP contribution in [0.2, 0.25) is 0 Å². The number of hydrogen-bond donors (Lipinski definition) is 2. The molecule has 4 unspecified atom stereocenters. The Labute approximate surface area is 183 Å². The summed E-state index contributed by atoms with van der Waals surface area (Å²) in [6, 6.07) is 8.47. The summed E-state index contributed by atoms with van der Waals surface area (Å²) in [7, 11) is 0. The van der Waals surface area contributed by atoms with Crippen LogP contribution in [0.4, 0.5) is 4.79 Å². The molecule has 164 valence electrons. The lowest BCUT2D eigenvalue weighted by molar-refractivity contribution is -0.118. The monoisotopic (exact) mass is 431 g/mol. The van der Waals surface area contributed by atoms with E-state index in [0.717, 1.165) is 37.9 Å². The van der Waals surface area contributed by atoms with Gasteiger partial charge in [0, 0.05) is 31.7 Å². The average molecular weight is 432 g/mol. The second-order valence-electron chi connectivity index (χ2n) is 8.75. The molecule has 1 aromatic rings. The highest BCUT2D eigenvalue weighted by Crippen LogP contribution is 2.38. The zero-order valence-electron chi connectivity index (χ0n) is 17.8. The molecule has 30 heavy (non-hydrogen) atoms. The van der Waals surface area contributed by atoms with Crippen molar-refractivity contribution in [1.82, 2.24) is 15.5 Å². The largest absolute Gasteiger partial charge is 0.376 e. The number of aryl methyl sites for hydroxylation is 1. The molecule has 0 spiro atoms. The summed E-state index contributed by atoms with van der Waals surface area (Å²) < 4.78 is 5.78. The minimum absolute atomic E-state index is 0.00575. The van der Waals surface area contributed by atoms with Crippen LogP contribution in [0.5, 0.6) is 0 Å². The fourth-order valence-electron chi connectivity index (χ4n) is 4.86. The van der Waals surface area contributed by atoms with Gasteiger partial charge in [0.15, 0.2) is 0 Å². The minimum Gasteiger partial charge on any atom is -0.376 e. The van der Waals surface area contributed by atoms with E-state index in [9.17, 15) is 9.59 Å². The van der Waals surface area contributed by atoms with Gasteiger partial charge in [-0.3, -0.25) is 4.79 Å². The van der Waals surface area contributed by atoms with Gasteiger partial charge in [-0.1, -0.05) is 42.7 Å². The zero-order chi connectivity index (χ0) is 20.9. The normalized spacial score (nSPS) is 28.7. The lowest BCUT2D eigenvalue weighted by Crippen LogP contribution is -2.63. The number of fused-ring (bicyclic) bond motifs is 1. The Morgan fingerprint density at radius 1 is 1.20 bits per heavy atom. The lowest BCUT2D eigenvalue weighted by Gasteiger charge is -2.48. The number of amides is 3. The fourth-order valence-corrected chi connectivity index (χ4v) is 6.04. The molecule has 2 aliphatic heterocycles. The maximum Gasteiger partial charge on any atom is 0.318 e. The molecule has 1 saturated carbocycles. The highest BCUT2D eigenvalue weighted by Gasteiger charge is 2.44. The standard InChI is InChI=1S/C23H33N3O3S/c1-16-8-10-17(11-9-16)13-24-21(27)15-30-22-19-6-2-3-7-20(19)26(23(28)25-22)14-18-5-4-12-29-18/h8-11,18-20,22H,2-7,12-15H2,1H3,(H,24,27)(H,25,28). The smallest absolute Gasteiger partial charge is 0.318 e. The Bertz CT molecular complexity index is 736. The molecule has 7 heteroatoms. The second-order valence-corrected chi connectivity index (χ2v) is 9.88. The van der Waals surface area contributed by atoms with Crippen LogP contribution in [-0.2, 0) is 16.1 Å². The molecule has 3 amide bonds. The summed E-state index contributed by atoms with van der Waals surface area (Å²) in [6.45, 7) is 4.10. The van der Waals surface area contributed by atoms with Gasteiger partial charge in [-0.15, -0.1) is 11.8 Å². The van der Waals surface area contributed by atoms with Crippen molar-refractivity contribution in [2.75, 3.05) is 18.9 Å². The summed E-state index contributed by atoms with van der Waals surface area (Å²) in [5.41, 5.74) is 2.31. The number of nitrogens with zero attached hydrogens (tertiary/aromatic N) is 1. The predicted molar refractivity (Wildman–Crippen MR) is 119 cm³/mol. The summed E-state index contributed by atoms with van der Waals surface area (Å²) in [6.07, 6.45) is 6.84. The van der Waals surface area contributed by atoms with Gasteiger partial charge in [-0.05, 0) is 38.2 Å². The van der Waals surface area contributed by atoms with Crippen molar-refractivity contribution in [3.63, 3.8) is 0 Å². The molecular formula is C23H33N3O3S. The van der Waals surface area contributed by atoms with Gasteiger partial charge < -0.3 is 20.3 Å². The molecule has 4 rings (SSSR count). The van der Waals surface area contributed by atoms with Crippen LogP contribution in [0.25, 0.3) is 0 Å². The number of carbonyl (C=O) groups excluding carboxylic acids is 2. The topological polar surface area (TPSA) is 70.7 Å². The predicted octanol–water partition coefficient (Wildman–Crippen LogP) is 3.43. The van der Waals surface area contributed by atoms with Gasteiger partial charge in [-0.2, -0.15) is 0 Å². The SMILES string of the molecule is Cc1ccc(CNC(=O)CSC2NC(=O)N(CC3CCCO3)C3CCCCC23)cc1. The number of ether oxygens (including phenoxy) is 1. The Morgan fingerprint density at radius 2 is 2.00 bits per heavy atom. The van der Waals surface area contributed by atoms with Crippen molar-refractivity contribution < 1.29 is 14.3 Å². The van der Waals surface area contributed by atoms with Crippen molar-refractivity contribution in [3.8, 4) is 0 Å². The van der Waals surface area contributed by atoms with E-state index < -0.39 is 0 Å². The third-order valence-corrected chi connectivity index (χ3v) is 7.78. The quantitative estimate of drug-likeness (QED) is 0.694. The van der Waals surface area contributed by atoms with Crippen LogP contribution in [-0.4, -0.2) is 53.3 Å². The van der Waals surface area contributed by atoms with Crippen LogP contribution in [0.15, 0.2) is 24.3 Å². The van der Waals surface area contributed by atoms with Crippen LogP contribution in [0, 0.1) is 12.8 Å². The van der Waals surface area contributed by atoms with Crippen molar-refractivity contribution >= 4 is 23.7 Å². The van der Waals surface area contributed by atoms with E-state index >= 15 is 0 Å². The Morgan fingerprint density at radius 3 is 2.77 bits per heavy atom. The maximum atomic E-state index is 12.9. The molecule has 2 saturated heterocycles. The van der Waals surface area contributed by atoms with Gasteiger partial charge in [0.2, 0.25) is 5.91 Å². The van der Waals surface area contributed by atoms with Crippen LogP contribution >= 0.6 is 11.8 Å². The van der Waals surface area contributed by atoms with E-state index in [1.165, 1.54) is 18.4 Å². The number of benzene rings is 1. The molecule has 3 aliphatic rings. The highest BCUT2D eigenvalue weighted by atomic mass is 32.2. The highest BCUT2D eigenvalue weighted by molar-refractivity contribution is 8.00. The molecule has 1 aliphatic carbocycles. The second kappa shape index (κ2) is 10.1. The molecule has 2 N–H and O–H groups in total.